The van der Waals surface area contributed by atoms with Gasteiger partial charge in [0.05, 0.1) is 6.54 Å². The summed E-state index contributed by atoms with van der Waals surface area (Å²) in [5, 5.41) is 6.65. The first-order chi connectivity index (χ1) is 11.1. The molecule has 1 aromatic heterocycles. The molecule has 0 aliphatic heterocycles. The molecular formula is C17H25ClN4O2. The lowest BCUT2D eigenvalue weighted by molar-refractivity contribution is -0.131. The van der Waals surface area contributed by atoms with Crippen LogP contribution in [0.4, 0.5) is 5.69 Å². The third-order valence-corrected chi connectivity index (χ3v) is 3.81. The average Bonchev–Trinajstić information content (AvgIpc) is 2.91. The third-order valence-electron chi connectivity index (χ3n) is 3.81. The van der Waals surface area contributed by atoms with Crippen molar-refractivity contribution in [3.63, 3.8) is 0 Å². The van der Waals surface area contributed by atoms with Gasteiger partial charge in [-0.15, -0.1) is 12.4 Å². The van der Waals surface area contributed by atoms with Gasteiger partial charge in [0.1, 0.15) is 6.54 Å². The Balaban J connectivity index is 0.00000288. The number of benzene rings is 1. The van der Waals surface area contributed by atoms with Crippen molar-refractivity contribution in [1.82, 2.24) is 14.8 Å². The third kappa shape index (κ3) is 4.72. The molecule has 0 atom stereocenters. The first-order valence-electron chi connectivity index (χ1n) is 7.90. The van der Waals surface area contributed by atoms with E-state index >= 15 is 0 Å². The van der Waals surface area contributed by atoms with E-state index in [0.717, 1.165) is 29.7 Å². The summed E-state index contributed by atoms with van der Waals surface area (Å²) in [7, 11) is 1.73. The maximum absolute atomic E-state index is 12.2. The van der Waals surface area contributed by atoms with Gasteiger partial charge in [-0.25, -0.2) is 0 Å². The fourth-order valence-electron chi connectivity index (χ4n) is 2.60. The Morgan fingerprint density at radius 2 is 1.88 bits per heavy atom. The van der Waals surface area contributed by atoms with Gasteiger partial charge in [-0.1, -0.05) is 0 Å². The van der Waals surface area contributed by atoms with Gasteiger partial charge in [0.25, 0.3) is 0 Å². The molecule has 1 aromatic carbocycles. The highest BCUT2D eigenvalue weighted by atomic mass is 35.5. The maximum atomic E-state index is 12.2. The molecule has 0 unspecified atom stereocenters. The number of nitrogens with one attached hydrogen (secondary N) is 2. The topological polar surface area (TPSA) is 66.4 Å². The van der Waals surface area contributed by atoms with Crippen molar-refractivity contribution in [3.8, 4) is 0 Å². The molecule has 24 heavy (non-hydrogen) atoms. The molecule has 132 valence electrons. The molecule has 0 bridgehead atoms. The van der Waals surface area contributed by atoms with Crippen LogP contribution in [0.2, 0.25) is 0 Å². The largest absolute Gasteiger partial charge is 0.342 e. The molecule has 0 radical (unpaired) electrons. The fraction of sp³-hybridized carbons (Fsp3) is 0.412. The van der Waals surface area contributed by atoms with Gasteiger partial charge in [0.15, 0.2) is 0 Å². The molecular weight excluding hydrogens is 328 g/mol. The quantitative estimate of drug-likeness (QED) is 0.801. The molecule has 0 saturated heterocycles. The molecule has 1 heterocycles. The lowest BCUT2D eigenvalue weighted by atomic mass is 10.2. The molecule has 0 fully saturated rings. The lowest BCUT2D eigenvalue weighted by Gasteiger charge is -2.19. The van der Waals surface area contributed by atoms with Crippen molar-refractivity contribution in [3.05, 3.63) is 30.5 Å². The van der Waals surface area contributed by atoms with E-state index in [1.165, 1.54) is 0 Å². The Hall–Kier alpha value is -2.05. The summed E-state index contributed by atoms with van der Waals surface area (Å²) in [5.74, 6) is 0.0295. The summed E-state index contributed by atoms with van der Waals surface area (Å²) in [6.45, 7) is 6.00. The monoisotopic (exact) mass is 352 g/mol. The van der Waals surface area contributed by atoms with Crippen molar-refractivity contribution in [2.45, 2.75) is 20.4 Å². The minimum absolute atomic E-state index is 0. The Bertz CT molecular complexity index is 695. The van der Waals surface area contributed by atoms with E-state index in [0.29, 0.717) is 6.54 Å². The molecule has 2 aromatic rings. The Labute approximate surface area is 148 Å². The van der Waals surface area contributed by atoms with Gasteiger partial charge in [-0.05, 0) is 45.2 Å². The van der Waals surface area contributed by atoms with Crippen LogP contribution in [0.15, 0.2) is 30.5 Å². The number of amides is 2. The summed E-state index contributed by atoms with van der Waals surface area (Å²) in [4.78, 5) is 25.7. The number of rotatable bonds is 7. The first-order valence-corrected chi connectivity index (χ1v) is 7.90. The second kappa shape index (κ2) is 9.30. The molecule has 0 aliphatic rings. The normalized spacial score (nSPS) is 10.3. The summed E-state index contributed by atoms with van der Waals surface area (Å²) in [6.07, 6.45) is 1.91. The molecule has 2 N–H and O–H groups in total. The minimum Gasteiger partial charge on any atom is -0.342 e. The number of carbonyl (C=O) groups excluding carboxylic acids is 2. The number of fused-ring (bicyclic) bond motifs is 1. The van der Waals surface area contributed by atoms with E-state index in [1.807, 2.05) is 53.8 Å². The number of anilines is 1. The number of hydrogen-bond acceptors (Lipinski definition) is 3. The Kier molecular flexibility index (Phi) is 7.74. The zero-order valence-corrected chi connectivity index (χ0v) is 15.2. The summed E-state index contributed by atoms with van der Waals surface area (Å²) < 4.78 is 1.94. The van der Waals surface area contributed by atoms with Crippen LogP contribution in [0.5, 0.6) is 0 Å². The zero-order valence-electron chi connectivity index (χ0n) is 14.3. The molecule has 0 aliphatic carbocycles. The van der Waals surface area contributed by atoms with Crippen LogP contribution in [-0.4, -0.2) is 48.0 Å². The highest BCUT2D eigenvalue weighted by molar-refractivity contribution is 5.95. The van der Waals surface area contributed by atoms with Crippen molar-refractivity contribution in [1.29, 1.82) is 0 Å². The van der Waals surface area contributed by atoms with Crippen molar-refractivity contribution >= 4 is 40.8 Å². The van der Waals surface area contributed by atoms with Crippen LogP contribution in [-0.2, 0) is 16.1 Å². The fourth-order valence-corrected chi connectivity index (χ4v) is 2.60. The highest BCUT2D eigenvalue weighted by Crippen LogP contribution is 2.20. The molecule has 0 spiro atoms. The lowest BCUT2D eigenvalue weighted by Crippen LogP contribution is -2.33. The van der Waals surface area contributed by atoms with E-state index in [4.69, 9.17) is 0 Å². The van der Waals surface area contributed by atoms with Gasteiger partial charge in [-0.2, -0.15) is 0 Å². The average molecular weight is 353 g/mol. The van der Waals surface area contributed by atoms with Crippen LogP contribution in [0.25, 0.3) is 10.9 Å². The standard InChI is InChI=1S/C17H24N4O2.ClH/c1-4-20(5-2)17(23)12-21-9-8-13-10-14(6-7-15(13)21)19-16(22)11-18-3;/h6-10,18H,4-5,11-12H2,1-3H3,(H,19,22);1H. The van der Waals surface area contributed by atoms with Crippen LogP contribution >= 0.6 is 12.4 Å². The predicted octanol–water partition coefficient (Wildman–Crippen LogP) is 2.09. The molecule has 0 saturated carbocycles. The van der Waals surface area contributed by atoms with Crippen molar-refractivity contribution in [2.75, 3.05) is 32.0 Å². The van der Waals surface area contributed by atoms with Crippen molar-refractivity contribution < 1.29 is 9.59 Å². The molecule has 7 heteroatoms. The Morgan fingerprint density at radius 3 is 2.50 bits per heavy atom. The van der Waals surface area contributed by atoms with E-state index in [9.17, 15) is 9.59 Å². The van der Waals surface area contributed by atoms with Gasteiger partial charge in [0, 0.05) is 35.9 Å². The number of halogens is 1. The van der Waals surface area contributed by atoms with E-state index in [2.05, 4.69) is 10.6 Å². The summed E-state index contributed by atoms with van der Waals surface area (Å²) in [5.41, 5.74) is 1.74. The van der Waals surface area contributed by atoms with Gasteiger partial charge < -0.3 is 20.1 Å². The van der Waals surface area contributed by atoms with Crippen LogP contribution in [0.1, 0.15) is 13.8 Å². The SMILES string of the molecule is CCN(CC)C(=O)Cn1ccc2cc(NC(=O)CNC)ccc21.Cl. The molecule has 2 amide bonds. The number of aromatic nitrogens is 1. The number of likely N-dealkylation sites (N-methyl/N-ethyl adjacent to an activating group) is 2. The second-order valence-electron chi connectivity index (χ2n) is 5.36. The molecule has 6 nitrogen and oxygen atoms in total. The van der Waals surface area contributed by atoms with E-state index in [-0.39, 0.29) is 30.8 Å². The number of nitrogens with zero attached hydrogens (tertiary/aromatic N) is 2. The maximum Gasteiger partial charge on any atom is 0.242 e. The minimum atomic E-state index is -0.0806. The van der Waals surface area contributed by atoms with Gasteiger partial charge in [0.2, 0.25) is 11.8 Å². The number of hydrogen-bond donors (Lipinski definition) is 2. The van der Waals surface area contributed by atoms with E-state index < -0.39 is 0 Å². The van der Waals surface area contributed by atoms with Gasteiger partial charge in [-0.3, -0.25) is 9.59 Å². The smallest absolute Gasteiger partial charge is 0.242 e. The van der Waals surface area contributed by atoms with Crippen LogP contribution in [0.3, 0.4) is 0 Å². The zero-order chi connectivity index (χ0) is 16.8. The second-order valence-corrected chi connectivity index (χ2v) is 5.36. The van der Waals surface area contributed by atoms with Gasteiger partial charge >= 0.3 is 0 Å². The van der Waals surface area contributed by atoms with Crippen molar-refractivity contribution in [2.24, 2.45) is 0 Å². The molecule has 2 rings (SSSR count). The number of carbonyl (C=O) groups is 2. The first kappa shape index (κ1) is 20.0. The summed E-state index contributed by atoms with van der Waals surface area (Å²) >= 11 is 0. The van der Waals surface area contributed by atoms with Crippen LogP contribution in [0, 0.1) is 0 Å². The summed E-state index contributed by atoms with van der Waals surface area (Å²) in [6, 6.07) is 7.66. The van der Waals surface area contributed by atoms with E-state index in [1.54, 1.807) is 7.05 Å². The predicted molar refractivity (Wildman–Crippen MR) is 99.7 cm³/mol. The van der Waals surface area contributed by atoms with Crippen LogP contribution < -0.4 is 10.6 Å². The highest BCUT2D eigenvalue weighted by Gasteiger charge is 2.12. The Morgan fingerprint density at radius 1 is 1.17 bits per heavy atom.